The number of amides is 1. The third kappa shape index (κ3) is 3.21. The maximum absolute atomic E-state index is 13.2. The molecule has 4 nitrogen and oxygen atoms in total. The number of nitrogens with zero attached hydrogens (tertiary/aromatic N) is 2. The summed E-state index contributed by atoms with van der Waals surface area (Å²) < 4.78 is 14.9. The van der Waals surface area contributed by atoms with E-state index in [2.05, 4.69) is 24.3 Å². The molecule has 1 saturated carbocycles. The van der Waals surface area contributed by atoms with Crippen molar-refractivity contribution in [3.05, 3.63) is 53.6 Å². The van der Waals surface area contributed by atoms with Crippen molar-refractivity contribution in [2.75, 3.05) is 0 Å². The summed E-state index contributed by atoms with van der Waals surface area (Å²) in [5.41, 5.74) is 1.66. The van der Waals surface area contributed by atoms with Crippen LogP contribution in [0.2, 0.25) is 0 Å². The Morgan fingerprint density at radius 3 is 2.54 bits per heavy atom. The molecule has 0 radical (unpaired) electrons. The van der Waals surface area contributed by atoms with Crippen LogP contribution in [0.5, 0.6) is 0 Å². The minimum atomic E-state index is -0.236. The fourth-order valence-corrected chi connectivity index (χ4v) is 3.36. The van der Waals surface area contributed by atoms with Gasteiger partial charge in [0.2, 0.25) is 5.91 Å². The number of aromatic nitrogens is 2. The molecule has 3 rings (SSSR count). The van der Waals surface area contributed by atoms with Crippen molar-refractivity contribution in [3.8, 4) is 0 Å². The second-order valence-electron chi connectivity index (χ2n) is 7.28. The fraction of sp³-hybridized carbons (Fsp3) is 0.474. The number of aryl methyl sites for hydroxylation is 2. The molecular formula is C19H24FN3O. The van der Waals surface area contributed by atoms with Crippen LogP contribution in [0.4, 0.5) is 4.39 Å². The topological polar surface area (TPSA) is 46.9 Å². The van der Waals surface area contributed by atoms with E-state index in [1.165, 1.54) is 12.1 Å². The Morgan fingerprint density at radius 2 is 2.00 bits per heavy atom. The van der Waals surface area contributed by atoms with Gasteiger partial charge in [-0.25, -0.2) is 4.39 Å². The van der Waals surface area contributed by atoms with Crippen molar-refractivity contribution >= 4 is 5.91 Å². The number of hydrogen-bond donors (Lipinski definition) is 1. The summed E-state index contributed by atoms with van der Waals surface area (Å²) in [7, 11) is 1.87. The van der Waals surface area contributed by atoms with Crippen LogP contribution in [-0.4, -0.2) is 21.2 Å². The molecule has 1 aliphatic carbocycles. The maximum Gasteiger partial charge on any atom is 0.220 e. The molecule has 1 amide bonds. The lowest BCUT2D eigenvalue weighted by Gasteiger charge is -2.36. The van der Waals surface area contributed by atoms with Crippen molar-refractivity contribution in [1.82, 2.24) is 15.1 Å². The molecule has 1 heterocycles. The van der Waals surface area contributed by atoms with Crippen LogP contribution in [0, 0.1) is 5.82 Å². The van der Waals surface area contributed by atoms with Gasteiger partial charge >= 0.3 is 0 Å². The second-order valence-corrected chi connectivity index (χ2v) is 7.28. The highest BCUT2D eigenvalue weighted by atomic mass is 19.1. The van der Waals surface area contributed by atoms with Gasteiger partial charge in [-0.05, 0) is 42.5 Å². The largest absolute Gasteiger partial charge is 0.350 e. The number of hydrogen-bond acceptors (Lipinski definition) is 2. The highest BCUT2D eigenvalue weighted by Gasteiger charge is 2.55. The molecule has 0 atom stereocenters. The van der Waals surface area contributed by atoms with Gasteiger partial charge in [-0.15, -0.1) is 0 Å². The van der Waals surface area contributed by atoms with Crippen LogP contribution in [0.3, 0.4) is 0 Å². The molecule has 1 fully saturated rings. The van der Waals surface area contributed by atoms with E-state index in [1.807, 2.05) is 25.4 Å². The Labute approximate surface area is 142 Å². The number of carbonyl (C=O) groups excluding carboxylic acids is 1. The second kappa shape index (κ2) is 6.04. The Bertz CT molecular complexity index is 729. The van der Waals surface area contributed by atoms with Gasteiger partial charge in [-0.1, -0.05) is 26.0 Å². The smallest absolute Gasteiger partial charge is 0.220 e. The average molecular weight is 329 g/mol. The summed E-state index contributed by atoms with van der Waals surface area (Å²) in [6, 6.07) is 6.60. The molecule has 5 heteroatoms. The van der Waals surface area contributed by atoms with E-state index < -0.39 is 0 Å². The number of carbonyl (C=O) groups is 1. The Morgan fingerprint density at radius 1 is 1.33 bits per heavy atom. The molecule has 1 aromatic heterocycles. The summed E-state index contributed by atoms with van der Waals surface area (Å²) in [6.07, 6.45) is 6.77. The minimum absolute atomic E-state index is 0.0616. The van der Waals surface area contributed by atoms with Crippen LogP contribution < -0.4 is 5.32 Å². The molecule has 0 spiro atoms. The number of benzene rings is 1. The summed E-state index contributed by atoms with van der Waals surface area (Å²) in [6.45, 7) is 4.24. The zero-order valence-corrected chi connectivity index (χ0v) is 14.5. The SMILES string of the molecule is Cn1cc(CCC(=O)NC2(C(C)(C)c3ccc(F)cc3)CC2)cn1. The third-order valence-corrected chi connectivity index (χ3v) is 5.29. The first-order valence-electron chi connectivity index (χ1n) is 8.37. The third-order valence-electron chi connectivity index (χ3n) is 5.29. The van der Waals surface area contributed by atoms with E-state index >= 15 is 0 Å². The van der Waals surface area contributed by atoms with Crippen LogP contribution in [0.15, 0.2) is 36.7 Å². The quantitative estimate of drug-likeness (QED) is 0.885. The van der Waals surface area contributed by atoms with Crippen molar-refractivity contribution in [1.29, 1.82) is 0 Å². The molecule has 2 aromatic rings. The molecule has 24 heavy (non-hydrogen) atoms. The lowest BCUT2D eigenvalue weighted by molar-refractivity contribution is -0.122. The van der Waals surface area contributed by atoms with Gasteiger partial charge in [-0.3, -0.25) is 9.48 Å². The van der Waals surface area contributed by atoms with Gasteiger partial charge in [0.25, 0.3) is 0 Å². The number of rotatable bonds is 6. The first-order chi connectivity index (χ1) is 11.3. The van der Waals surface area contributed by atoms with Gasteiger partial charge in [0, 0.05) is 30.6 Å². The summed E-state index contributed by atoms with van der Waals surface area (Å²) >= 11 is 0. The standard InChI is InChI=1S/C19H24FN3O/c1-18(2,15-5-7-16(20)8-6-15)19(10-11-19)22-17(24)9-4-14-12-21-23(3)13-14/h5-8,12-13H,4,9-11H2,1-3H3,(H,22,24). The van der Waals surface area contributed by atoms with Gasteiger partial charge < -0.3 is 5.32 Å². The lowest BCUT2D eigenvalue weighted by Crippen LogP contribution is -2.50. The van der Waals surface area contributed by atoms with E-state index in [0.717, 1.165) is 24.0 Å². The first kappa shape index (κ1) is 16.7. The molecule has 0 bridgehead atoms. The van der Waals surface area contributed by atoms with Gasteiger partial charge in [-0.2, -0.15) is 5.10 Å². The first-order valence-corrected chi connectivity index (χ1v) is 8.37. The molecule has 128 valence electrons. The van der Waals surface area contributed by atoms with Crippen molar-refractivity contribution in [2.24, 2.45) is 7.05 Å². The Balaban J connectivity index is 1.64. The van der Waals surface area contributed by atoms with Crippen LogP contribution in [-0.2, 0) is 23.7 Å². The highest BCUT2D eigenvalue weighted by Crippen LogP contribution is 2.51. The van der Waals surface area contributed by atoms with Gasteiger partial charge in [0.15, 0.2) is 0 Å². The van der Waals surface area contributed by atoms with E-state index in [0.29, 0.717) is 12.8 Å². The van der Waals surface area contributed by atoms with Crippen molar-refractivity contribution < 1.29 is 9.18 Å². The summed E-state index contributed by atoms with van der Waals surface area (Å²) in [5.74, 6) is -0.175. The van der Waals surface area contributed by atoms with Crippen molar-refractivity contribution in [3.63, 3.8) is 0 Å². The Hall–Kier alpha value is -2.17. The van der Waals surface area contributed by atoms with E-state index in [4.69, 9.17) is 0 Å². The molecule has 1 aromatic carbocycles. The molecule has 0 aliphatic heterocycles. The van der Waals surface area contributed by atoms with E-state index in [-0.39, 0.29) is 22.7 Å². The zero-order valence-electron chi connectivity index (χ0n) is 14.5. The minimum Gasteiger partial charge on any atom is -0.350 e. The van der Waals surface area contributed by atoms with Gasteiger partial charge in [0.05, 0.1) is 6.20 Å². The van der Waals surface area contributed by atoms with Crippen LogP contribution in [0.1, 0.15) is 44.2 Å². The summed E-state index contributed by atoms with van der Waals surface area (Å²) in [4.78, 5) is 12.4. The highest BCUT2D eigenvalue weighted by molar-refractivity contribution is 5.78. The molecule has 1 N–H and O–H groups in total. The van der Waals surface area contributed by atoms with Gasteiger partial charge in [0.1, 0.15) is 5.82 Å². The average Bonchev–Trinajstić information content (AvgIpc) is 3.20. The Kier molecular flexibility index (Phi) is 4.20. The maximum atomic E-state index is 13.2. The molecule has 1 aliphatic rings. The monoisotopic (exact) mass is 329 g/mol. The predicted octanol–water partition coefficient (Wildman–Crippen LogP) is 3.12. The lowest BCUT2D eigenvalue weighted by atomic mass is 9.75. The molecule has 0 unspecified atom stereocenters. The number of halogens is 1. The molecular weight excluding hydrogens is 305 g/mol. The number of nitrogens with one attached hydrogen (secondary N) is 1. The zero-order chi connectivity index (χ0) is 17.4. The van der Waals surface area contributed by atoms with Crippen molar-refractivity contribution in [2.45, 2.75) is 50.5 Å². The normalized spacial score (nSPS) is 16.0. The van der Waals surface area contributed by atoms with Crippen LogP contribution in [0.25, 0.3) is 0 Å². The fourth-order valence-electron chi connectivity index (χ4n) is 3.36. The summed E-state index contributed by atoms with van der Waals surface area (Å²) in [5, 5.41) is 7.36. The predicted molar refractivity (Wildman–Crippen MR) is 91.1 cm³/mol. The van der Waals surface area contributed by atoms with E-state index in [9.17, 15) is 9.18 Å². The molecule has 0 saturated heterocycles. The van der Waals surface area contributed by atoms with E-state index in [1.54, 1.807) is 10.9 Å². The van der Waals surface area contributed by atoms with Crippen LogP contribution >= 0.6 is 0 Å².